The number of nitrogens with zero attached hydrogens (tertiary/aromatic N) is 3. The minimum Gasteiger partial charge on any atom is -0.484 e. The molecule has 9 nitrogen and oxygen atoms in total. The fraction of sp³-hybridized carbons (Fsp3) is 0.462. The molecule has 2 N–H and O–H groups in total. The molecule has 0 unspecified atom stereocenters. The summed E-state index contributed by atoms with van der Waals surface area (Å²) in [6.45, 7) is 0.899. The van der Waals surface area contributed by atoms with Crippen LogP contribution in [-0.4, -0.2) is 39.5 Å². The molecule has 1 spiro atoms. The molecule has 1 fully saturated rings. The van der Waals surface area contributed by atoms with Crippen molar-refractivity contribution in [3.8, 4) is 5.75 Å². The van der Waals surface area contributed by atoms with E-state index in [2.05, 4.69) is 15.8 Å². The Morgan fingerprint density at radius 3 is 2.87 bits per heavy atom. The SMILES string of the molecule is Cc1cnoc1C(=O)Nc1c2c(nn1CCC1CC1)C[C@]1(CCc3cc(OCC(F)(F)F)ccc31)NC2=O. The molecular weight excluding hydrogens is 503 g/mol. The average molecular weight is 530 g/mol. The van der Waals surface area contributed by atoms with Crippen molar-refractivity contribution in [2.24, 2.45) is 5.92 Å². The van der Waals surface area contributed by atoms with Crippen LogP contribution in [0.3, 0.4) is 0 Å². The summed E-state index contributed by atoms with van der Waals surface area (Å²) in [5.74, 6) is 0.266. The summed E-state index contributed by atoms with van der Waals surface area (Å²) in [6.07, 6.45) is 1.78. The van der Waals surface area contributed by atoms with Crippen LogP contribution in [0, 0.1) is 12.8 Å². The predicted molar refractivity (Wildman–Crippen MR) is 128 cm³/mol. The van der Waals surface area contributed by atoms with Gasteiger partial charge < -0.3 is 19.9 Å². The van der Waals surface area contributed by atoms with E-state index in [1.807, 2.05) is 0 Å². The second-order valence-electron chi connectivity index (χ2n) is 10.4. The lowest BCUT2D eigenvalue weighted by atomic mass is 9.82. The number of amides is 2. The Morgan fingerprint density at radius 2 is 2.16 bits per heavy atom. The molecule has 3 heterocycles. The molecule has 2 amide bonds. The minimum atomic E-state index is -4.43. The molecule has 200 valence electrons. The molecule has 0 bridgehead atoms. The van der Waals surface area contributed by atoms with Crippen molar-refractivity contribution in [2.45, 2.75) is 63.7 Å². The van der Waals surface area contributed by atoms with Gasteiger partial charge in [0.25, 0.3) is 11.8 Å². The molecule has 1 atom stereocenters. The fourth-order valence-corrected chi connectivity index (χ4v) is 5.45. The highest BCUT2D eigenvalue weighted by molar-refractivity contribution is 6.08. The van der Waals surface area contributed by atoms with E-state index in [1.54, 1.807) is 23.7 Å². The monoisotopic (exact) mass is 529 g/mol. The highest BCUT2D eigenvalue weighted by Crippen LogP contribution is 2.44. The lowest BCUT2D eigenvalue weighted by Gasteiger charge is -2.35. The quantitative estimate of drug-likeness (QED) is 0.472. The first-order valence-corrected chi connectivity index (χ1v) is 12.6. The van der Waals surface area contributed by atoms with Gasteiger partial charge in [-0.05, 0) is 55.4 Å². The molecule has 6 rings (SSSR count). The number of anilines is 1. The number of carbonyl (C=O) groups excluding carboxylic acids is 2. The molecule has 1 saturated carbocycles. The van der Waals surface area contributed by atoms with Gasteiger partial charge >= 0.3 is 6.18 Å². The summed E-state index contributed by atoms with van der Waals surface area (Å²) < 4.78 is 49.4. The van der Waals surface area contributed by atoms with Gasteiger partial charge in [0.2, 0.25) is 5.76 Å². The number of hydrogen-bond donors (Lipinski definition) is 2. The van der Waals surface area contributed by atoms with E-state index in [1.165, 1.54) is 12.3 Å². The number of halogens is 3. The number of benzene rings is 1. The van der Waals surface area contributed by atoms with Crippen LogP contribution < -0.4 is 15.4 Å². The molecule has 12 heteroatoms. The number of hydrogen-bond acceptors (Lipinski definition) is 6. The zero-order valence-corrected chi connectivity index (χ0v) is 20.7. The number of fused-ring (bicyclic) bond motifs is 3. The van der Waals surface area contributed by atoms with Gasteiger partial charge in [0.15, 0.2) is 6.61 Å². The number of nitrogens with one attached hydrogen (secondary N) is 2. The lowest BCUT2D eigenvalue weighted by Crippen LogP contribution is -2.49. The number of ether oxygens (including phenoxy) is 1. The van der Waals surface area contributed by atoms with Gasteiger partial charge in [-0.3, -0.25) is 9.59 Å². The van der Waals surface area contributed by atoms with Gasteiger partial charge in [-0.2, -0.15) is 18.3 Å². The second-order valence-corrected chi connectivity index (χ2v) is 10.4. The first-order chi connectivity index (χ1) is 18.1. The van der Waals surface area contributed by atoms with Gasteiger partial charge in [0.1, 0.15) is 17.1 Å². The maximum atomic E-state index is 13.6. The van der Waals surface area contributed by atoms with E-state index in [9.17, 15) is 22.8 Å². The minimum absolute atomic E-state index is 0.0645. The first-order valence-electron chi connectivity index (χ1n) is 12.6. The molecule has 1 aliphatic heterocycles. The molecule has 2 aliphatic carbocycles. The topological polar surface area (TPSA) is 111 Å². The van der Waals surface area contributed by atoms with Gasteiger partial charge in [-0.25, -0.2) is 4.68 Å². The lowest BCUT2D eigenvalue weighted by molar-refractivity contribution is -0.153. The molecule has 3 aliphatic rings. The van der Waals surface area contributed by atoms with Gasteiger partial charge in [-0.1, -0.05) is 24.1 Å². The normalized spacial score (nSPS) is 20.3. The van der Waals surface area contributed by atoms with Gasteiger partial charge in [-0.15, -0.1) is 0 Å². The third-order valence-electron chi connectivity index (χ3n) is 7.52. The van der Waals surface area contributed by atoms with E-state index >= 15 is 0 Å². The Bertz CT molecular complexity index is 1420. The molecule has 1 aromatic carbocycles. The van der Waals surface area contributed by atoms with E-state index < -0.39 is 24.2 Å². The maximum Gasteiger partial charge on any atom is 0.422 e. The summed E-state index contributed by atoms with van der Waals surface area (Å²) in [7, 11) is 0. The van der Waals surface area contributed by atoms with Crippen LogP contribution in [0.5, 0.6) is 5.75 Å². The van der Waals surface area contributed by atoms with Crippen molar-refractivity contribution < 1.29 is 32.0 Å². The number of rotatable bonds is 7. The van der Waals surface area contributed by atoms with Crippen molar-refractivity contribution in [3.05, 3.63) is 58.1 Å². The molecule has 0 radical (unpaired) electrons. The third kappa shape index (κ3) is 4.52. The second kappa shape index (κ2) is 8.88. The smallest absolute Gasteiger partial charge is 0.422 e. The molecule has 0 saturated heterocycles. The molecular formula is C26H26F3N5O4. The summed E-state index contributed by atoms with van der Waals surface area (Å²) in [4.78, 5) is 26.5. The van der Waals surface area contributed by atoms with Crippen LogP contribution >= 0.6 is 0 Å². The molecule has 38 heavy (non-hydrogen) atoms. The zero-order valence-electron chi connectivity index (χ0n) is 20.7. The third-order valence-corrected chi connectivity index (χ3v) is 7.52. The van der Waals surface area contributed by atoms with Gasteiger partial charge in [0.05, 0.1) is 17.4 Å². The Hall–Kier alpha value is -3.83. The van der Waals surface area contributed by atoms with Crippen molar-refractivity contribution in [1.82, 2.24) is 20.3 Å². The summed E-state index contributed by atoms with van der Waals surface area (Å²) in [5.41, 5.74) is 2.39. The Balaban J connectivity index is 1.30. The van der Waals surface area contributed by atoms with E-state index in [0.29, 0.717) is 54.4 Å². The van der Waals surface area contributed by atoms with Crippen molar-refractivity contribution >= 4 is 17.6 Å². The highest BCUT2D eigenvalue weighted by Gasteiger charge is 2.47. The first kappa shape index (κ1) is 24.5. The van der Waals surface area contributed by atoms with Crippen LogP contribution in [0.2, 0.25) is 0 Å². The van der Waals surface area contributed by atoms with Crippen molar-refractivity contribution in [2.75, 3.05) is 11.9 Å². The number of aryl methyl sites for hydroxylation is 3. The van der Waals surface area contributed by atoms with Crippen LogP contribution in [0.25, 0.3) is 0 Å². The number of alkyl halides is 3. The zero-order chi connectivity index (χ0) is 26.7. The van der Waals surface area contributed by atoms with E-state index in [0.717, 1.165) is 30.4 Å². The Morgan fingerprint density at radius 1 is 1.34 bits per heavy atom. The summed E-state index contributed by atoms with van der Waals surface area (Å²) >= 11 is 0. The predicted octanol–water partition coefficient (Wildman–Crippen LogP) is 4.30. The Labute approximate surface area is 215 Å². The molecule has 3 aromatic rings. The van der Waals surface area contributed by atoms with Crippen molar-refractivity contribution in [3.63, 3.8) is 0 Å². The average Bonchev–Trinajstić information content (AvgIpc) is 3.35. The van der Waals surface area contributed by atoms with Crippen LogP contribution in [-0.2, 0) is 24.9 Å². The van der Waals surface area contributed by atoms with Crippen LogP contribution in [0.4, 0.5) is 19.0 Å². The Kier molecular flexibility index (Phi) is 5.73. The fourth-order valence-electron chi connectivity index (χ4n) is 5.45. The van der Waals surface area contributed by atoms with Gasteiger partial charge in [0, 0.05) is 18.5 Å². The largest absolute Gasteiger partial charge is 0.484 e. The summed E-state index contributed by atoms with van der Waals surface area (Å²) in [6, 6.07) is 4.83. The summed E-state index contributed by atoms with van der Waals surface area (Å²) in [5, 5.41) is 14.4. The van der Waals surface area contributed by atoms with Crippen molar-refractivity contribution in [1.29, 1.82) is 0 Å². The van der Waals surface area contributed by atoms with E-state index in [-0.39, 0.29) is 17.4 Å². The maximum absolute atomic E-state index is 13.6. The number of carbonyl (C=O) groups is 2. The number of aromatic nitrogens is 3. The van der Waals surface area contributed by atoms with E-state index in [4.69, 9.17) is 14.4 Å². The molecule has 2 aromatic heterocycles. The van der Waals surface area contributed by atoms with Crippen LogP contribution in [0.1, 0.15) is 69.0 Å². The standard InChI is InChI=1S/C26H26F3N5O4/c1-14-12-30-38-21(14)24(36)31-22-20-19(33-34(22)9-7-15-2-3-15)11-25(32-23(20)35)8-6-16-10-17(4-5-18(16)25)37-13-26(27,28)29/h4-5,10,12,15H,2-3,6-9,11,13H2,1H3,(H,31,36)(H,32,35)/t25-/m0/s1. The van der Waals surface area contributed by atoms with Crippen LogP contribution in [0.15, 0.2) is 28.9 Å². The highest BCUT2D eigenvalue weighted by atomic mass is 19.4.